The van der Waals surface area contributed by atoms with Crippen LogP contribution in [-0.2, 0) is 14.8 Å². The second-order valence-corrected chi connectivity index (χ2v) is 7.15. The minimum Gasteiger partial charge on any atom is -0.447 e. The number of sulfonamides is 1. The normalized spacial score (nSPS) is 10.8. The highest BCUT2D eigenvalue weighted by Crippen LogP contribution is 2.27. The van der Waals surface area contributed by atoms with Crippen molar-refractivity contribution in [3.63, 3.8) is 0 Å². The van der Waals surface area contributed by atoms with E-state index in [0.717, 1.165) is 6.07 Å². The maximum absolute atomic E-state index is 12.9. The highest BCUT2D eigenvalue weighted by atomic mass is 35.5. The number of hydrogen-bond acceptors (Lipinski definition) is 5. The Morgan fingerprint density at radius 1 is 1.24 bits per heavy atom. The second-order valence-electron chi connectivity index (χ2n) is 4.88. The molecule has 0 aliphatic carbocycles. The Morgan fingerprint density at radius 2 is 1.92 bits per heavy atom. The molecule has 0 fully saturated rings. The van der Waals surface area contributed by atoms with E-state index in [1.165, 1.54) is 16.4 Å². The van der Waals surface area contributed by atoms with Crippen LogP contribution in [0.25, 0.3) is 0 Å². The van der Waals surface area contributed by atoms with E-state index in [-0.39, 0.29) is 22.0 Å². The number of para-hydroxylation sites is 1. The molecule has 0 unspecified atom stereocenters. The molecule has 0 heterocycles. The van der Waals surface area contributed by atoms with Gasteiger partial charge in [0, 0.05) is 6.54 Å². The lowest BCUT2D eigenvalue weighted by Crippen LogP contribution is -2.30. The number of carbonyl (C=O) groups excluding carboxylic acids is 1. The summed E-state index contributed by atoms with van der Waals surface area (Å²) in [6.45, 7) is 1.48. The standard InChI is InChI=1S/C17H15ClN2O4S/c1-2-20(13-6-4-3-5-7-13)25(22,23)14-8-9-16(18)15(12-14)17(21)24-11-10-19/h3-9,12H,2,11H2,1H3. The summed E-state index contributed by atoms with van der Waals surface area (Å²) in [4.78, 5) is 11.9. The first-order valence-electron chi connectivity index (χ1n) is 7.33. The Hall–Kier alpha value is -2.56. The smallest absolute Gasteiger partial charge is 0.340 e. The Labute approximate surface area is 151 Å². The Kier molecular flexibility index (Phi) is 6.02. The summed E-state index contributed by atoms with van der Waals surface area (Å²) >= 11 is 5.96. The van der Waals surface area contributed by atoms with Crippen LogP contribution in [0.1, 0.15) is 17.3 Å². The lowest BCUT2D eigenvalue weighted by molar-refractivity contribution is 0.0555. The van der Waals surface area contributed by atoms with Gasteiger partial charge in [-0.25, -0.2) is 13.2 Å². The average Bonchev–Trinajstić information content (AvgIpc) is 2.61. The molecule has 25 heavy (non-hydrogen) atoms. The van der Waals surface area contributed by atoms with Gasteiger partial charge in [0.15, 0.2) is 6.61 Å². The van der Waals surface area contributed by atoms with Crippen molar-refractivity contribution in [2.24, 2.45) is 0 Å². The molecular weight excluding hydrogens is 364 g/mol. The summed E-state index contributed by atoms with van der Waals surface area (Å²) in [7, 11) is -3.90. The van der Waals surface area contributed by atoms with Gasteiger partial charge in [-0.1, -0.05) is 29.8 Å². The number of halogens is 1. The third-order valence-corrected chi connectivity index (χ3v) is 5.57. The molecule has 130 valence electrons. The molecule has 0 saturated carbocycles. The monoisotopic (exact) mass is 378 g/mol. The van der Waals surface area contributed by atoms with Gasteiger partial charge in [0.25, 0.3) is 10.0 Å². The molecule has 8 heteroatoms. The molecule has 0 aliphatic heterocycles. The molecule has 0 spiro atoms. The quantitative estimate of drug-likeness (QED) is 0.720. The molecule has 0 radical (unpaired) electrons. The van der Waals surface area contributed by atoms with Crippen LogP contribution in [0.15, 0.2) is 53.4 Å². The Bertz CT molecular complexity index is 908. The molecule has 6 nitrogen and oxygen atoms in total. The molecule has 2 aromatic carbocycles. The van der Waals surface area contributed by atoms with Crippen molar-refractivity contribution in [2.75, 3.05) is 17.5 Å². The number of nitrogens with zero attached hydrogens (tertiary/aromatic N) is 2. The van der Waals surface area contributed by atoms with Gasteiger partial charge in [-0.3, -0.25) is 4.31 Å². The van der Waals surface area contributed by atoms with Gasteiger partial charge in [0.05, 0.1) is 21.2 Å². The van der Waals surface area contributed by atoms with E-state index in [4.69, 9.17) is 21.6 Å². The van der Waals surface area contributed by atoms with Crippen molar-refractivity contribution in [1.29, 1.82) is 5.26 Å². The van der Waals surface area contributed by atoms with Crippen molar-refractivity contribution in [1.82, 2.24) is 0 Å². The molecule has 0 aromatic heterocycles. The summed E-state index contributed by atoms with van der Waals surface area (Å²) in [5.41, 5.74) is 0.399. The van der Waals surface area contributed by atoms with Crippen LogP contribution in [0.2, 0.25) is 5.02 Å². The topological polar surface area (TPSA) is 87.5 Å². The van der Waals surface area contributed by atoms with E-state index < -0.39 is 22.6 Å². The van der Waals surface area contributed by atoms with Gasteiger partial charge in [0.1, 0.15) is 6.07 Å². The highest BCUT2D eigenvalue weighted by molar-refractivity contribution is 7.92. The van der Waals surface area contributed by atoms with E-state index >= 15 is 0 Å². The zero-order valence-corrected chi connectivity index (χ0v) is 14.9. The summed E-state index contributed by atoms with van der Waals surface area (Å²) < 4.78 is 31.8. The van der Waals surface area contributed by atoms with Gasteiger partial charge < -0.3 is 4.74 Å². The minimum absolute atomic E-state index is 0.0460. The van der Waals surface area contributed by atoms with Gasteiger partial charge in [-0.05, 0) is 37.3 Å². The van der Waals surface area contributed by atoms with E-state index in [1.54, 1.807) is 43.3 Å². The molecular formula is C17H15ClN2O4S. The summed E-state index contributed by atoms with van der Waals surface area (Å²) in [5, 5.41) is 8.53. The Morgan fingerprint density at radius 3 is 2.52 bits per heavy atom. The van der Waals surface area contributed by atoms with Gasteiger partial charge in [-0.2, -0.15) is 5.26 Å². The molecule has 0 aliphatic rings. The van der Waals surface area contributed by atoms with E-state index in [2.05, 4.69) is 0 Å². The number of esters is 1. The van der Waals surface area contributed by atoms with Crippen molar-refractivity contribution in [3.05, 3.63) is 59.1 Å². The number of anilines is 1. The summed E-state index contributed by atoms with van der Waals surface area (Å²) in [6.07, 6.45) is 0. The first-order chi connectivity index (χ1) is 11.9. The third kappa shape index (κ3) is 4.10. The fourth-order valence-corrected chi connectivity index (χ4v) is 3.90. The third-order valence-electron chi connectivity index (χ3n) is 3.34. The number of benzene rings is 2. The molecule has 2 rings (SSSR count). The molecule has 0 atom stereocenters. The van der Waals surface area contributed by atoms with E-state index in [1.807, 2.05) is 0 Å². The number of ether oxygens (including phenoxy) is 1. The van der Waals surface area contributed by atoms with Gasteiger partial charge in [-0.15, -0.1) is 0 Å². The zero-order chi connectivity index (χ0) is 18.4. The molecule has 2 aromatic rings. The van der Waals surface area contributed by atoms with E-state index in [9.17, 15) is 13.2 Å². The van der Waals surface area contributed by atoms with Crippen LogP contribution in [0.3, 0.4) is 0 Å². The van der Waals surface area contributed by atoms with E-state index in [0.29, 0.717) is 5.69 Å². The number of hydrogen-bond donors (Lipinski definition) is 0. The highest BCUT2D eigenvalue weighted by Gasteiger charge is 2.25. The average molecular weight is 379 g/mol. The zero-order valence-electron chi connectivity index (χ0n) is 13.3. The molecule has 0 amide bonds. The maximum atomic E-state index is 12.9. The first-order valence-corrected chi connectivity index (χ1v) is 9.15. The van der Waals surface area contributed by atoms with Crippen molar-refractivity contribution >= 4 is 33.3 Å². The van der Waals surface area contributed by atoms with Crippen LogP contribution in [-0.4, -0.2) is 27.5 Å². The largest absolute Gasteiger partial charge is 0.447 e. The summed E-state index contributed by atoms with van der Waals surface area (Å²) in [5.74, 6) is -0.855. The SMILES string of the molecule is CCN(c1ccccc1)S(=O)(=O)c1ccc(Cl)c(C(=O)OCC#N)c1. The van der Waals surface area contributed by atoms with Crippen LogP contribution in [0, 0.1) is 11.3 Å². The predicted molar refractivity (Wildman–Crippen MR) is 94.0 cm³/mol. The number of nitriles is 1. The lowest BCUT2D eigenvalue weighted by atomic mass is 10.2. The van der Waals surface area contributed by atoms with Crippen LogP contribution in [0.4, 0.5) is 5.69 Å². The minimum atomic E-state index is -3.90. The predicted octanol–water partition coefficient (Wildman–Crippen LogP) is 3.24. The van der Waals surface area contributed by atoms with Crippen LogP contribution in [0.5, 0.6) is 0 Å². The number of carbonyl (C=O) groups is 1. The molecule has 0 bridgehead atoms. The van der Waals surface area contributed by atoms with Crippen molar-refractivity contribution in [3.8, 4) is 6.07 Å². The van der Waals surface area contributed by atoms with Crippen molar-refractivity contribution in [2.45, 2.75) is 11.8 Å². The van der Waals surface area contributed by atoms with Gasteiger partial charge >= 0.3 is 5.97 Å². The van der Waals surface area contributed by atoms with Crippen LogP contribution >= 0.6 is 11.6 Å². The fourth-order valence-electron chi connectivity index (χ4n) is 2.21. The number of rotatable bonds is 6. The Balaban J connectivity index is 2.46. The van der Waals surface area contributed by atoms with Crippen LogP contribution < -0.4 is 4.31 Å². The molecule has 0 saturated heterocycles. The second kappa shape index (κ2) is 8.01. The lowest BCUT2D eigenvalue weighted by Gasteiger charge is -2.23. The molecule has 0 N–H and O–H groups in total. The summed E-state index contributed by atoms with van der Waals surface area (Å²) in [6, 6.07) is 14.1. The first kappa shape index (κ1) is 18.8. The maximum Gasteiger partial charge on any atom is 0.340 e. The fraction of sp³-hybridized carbons (Fsp3) is 0.176. The van der Waals surface area contributed by atoms with Gasteiger partial charge in [0.2, 0.25) is 0 Å². The van der Waals surface area contributed by atoms with Crippen molar-refractivity contribution < 1.29 is 17.9 Å².